The van der Waals surface area contributed by atoms with Crippen LogP contribution >= 0.6 is 0 Å². The SMILES string of the molecule is CC(C)=CCCC(C)=CCCC(C)=CCCC(C)=CC(=O)N1C=C(N)C=CC1. The number of carbonyl (C=O) groups is 1. The molecule has 0 radical (unpaired) electrons. The molecular formula is C25H38N2O. The molecule has 1 aliphatic rings. The van der Waals surface area contributed by atoms with Crippen LogP contribution in [0.4, 0.5) is 0 Å². The van der Waals surface area contributed by atoms with E-state index in [2.05, 4.69) is 45.9 Å². The number of rotatable bonds is 10. The summed E-state index contributed by atoms with van der Waals surface area (Å²) in [6, 6.07) is 0. The van der Waals surface area contributed by atoms with Crippen molar-refractivity contribution in [1.82, 2.24) is 4.90 Å². The van der Waals surface area contributed by atoms with Gasteiger partial charge in [0.25, 0.3) is 5.91 Å². The van der Waals surface area contributed by atoms with Crippen LogP contribution in [-0.2, 0) is 4.79 Å². The van der Waals surface area contributed by atoms with Crippen LogP contribution in [0, 0.1) is 0 Å². The van der Waals surface area contributed by atoms with Crippen LogP contribution in [0.15, 0.2) is 70.6 Å². The highest BCUT2D eigenvalue weighted by molar-refractivity contribution is 5.89. The number of amides is 1. The highest BCUT2D eigenvalue weighted by Crippen LogP contribution is 2.14. The Bertz CT molecular complexity index is 698. The largest absolute Gasteiger partial charge is 0.398 e. The second-order valence-electron chi connectivity index (χ2n) is 8.01. The highest BCUT2D eigenvalue weighted by Gasteiger charge is 2.10. The molecule has 1 heterocycles. The second-order valence-corrected chi connectivity index (χ2v) is 8.01. The summed E-state index contributed by atoms with van der Waals surface area (Å²) < 4.78 is 0. The predicted octanol–water partition coefficient (Wildman–Crippen LogP) is 6.33. The first-order chi connectivity index (χ1) is 13.3. The molecule has 154 valence electrons. The van der Waals surface area contributed by atoms with Gasteiger partial charge >= 0.3 is 0 Å². The summed E-state index contributed by atoms with van der Waals surface area (Å²) in [6.45, 7) is 11.3. The van der Waals surface area contributed by atoms with Crippen LogP contribution in [0.5, 0.6) is 0 Å². The lowest BCUT2D eigenvalue weighted by molar-refractivity contribution is -0.123. The number of hydrogen-bond acceptors (Lipinski definition) is 2. The zero-order valence-electron chi connectivity index (χ0n) is 18.4. The maximum Gasteiger partial charge on any atom is 0.250 e. The Balaban J connectivity index is 2.34. The van der Waals surface area contributed by atoms with Gasteiger partial charge in [-0.2, -0.15) is 0 Å². The van der Waals surface area contributed by atoms with Crippen molar-refractivity contribution in [2.45, 2.75) is 73.1 Å². The first-order valence-electron chi connectivity index (χ1n) is 10.3. The van der Waals surface area contributed by atoms with Crippen molar-refractivity contribution in [1.29, 1.82) is 0 Å². The molecule has 1 amide bonds. The van der Waals surface area contributed by atoms with E-state index < -0.39 is 0 Å². The van der Waals surface area contributed by atoms with Crippen molar-refractivity contribution in [3.8, 4) is 0 Å². The van der Waals surface area contributed by atoms with Gasteiger partial charge < -0.3 is 10.6 Å². The van der Waals surface area contributed by atoms with E-state index in [9.17, 15) is 4.79 Å². The van der Waals surface area contributed by atoms with Crippen LogP contribution in [0.25, 0.3) is 0 Å². The number of hydrogen-bond donors (Lipinski definition) is 1. The fourth-order valence-corrected chi connectivity index (χ4v) is 2.98. The van der Waals surface area contributed by atoms with Gasteiger partial charge in [0.15, 0.2) is 0 Å². The lowest BCUT2D eigenvalue weighted by Gasteiger charge is -2.18. The molecule has 0 atom stereocenters. The molecule has 0 aliphatic carbocycles. The normalized spacial score (nSPS) is 15.5. The van der Waals surface area contributed by atoms with Crippen molar-refractivity contribution in [2.24, 2.45) is 5.73 Å². The third-order valence-electron chi connectivity index (χ3n) is 4.72. The fraction of sp³-hybridized carbons (Fsp3) is 0.480. The van der Waals surface area contributed by atoms with Crippen LogP contribution in [-0.4, -0.2) is 17.4 Å². The van der Waals surface area contributed by atoms with E-state index in [0.717, 1.165) is 44.1 Å². The van der Waals surface area contributed by atoms with E-state index in [-0.39, 0.29) is 5.91 Å². The predicted molar refractivity (Wildman–Crippen MR) is 122 cm³/mol. The minimum atomic E-state index is -0.000717. The van der Waals surface area contributed by atoms with E-state index in [4.69, 9.17) is 5.73 Å². The average molecular weight is 383 g/mol. The molecule has 3 heteroatoms. The van der Waals surface area contributed by atoms with Crippen molar-refractivity contribution < 1.29 is 4.79 Å². The zero-order valence-corrected chi connectivity index (χ0v) is 18.4. The molecule has 28 heavy (non-hydrogen) atoms. The maximum absolute atomic E-state index is 12.3. The number of nitrogens with two attached hydrogens (primary N) is 1. The fourth-order valence-electron chi connectivity index (χ4n) is 2.98. The third kappa shape index (κ3) is 10.8. The lowest BCUT2D eigenvalue weighted by atomic mass is 10.0. The number of nitrogens with zero attached hydrogens (tertiary/aromatic N) is 1. The molecule has 0 unspecified atom stereocenters. The Labute approximate surface area is 172 Å². The van der Waals surface area contributed by atoms with E-state index >= 15 is 0 Å². The van der Waals surface area contributed by atoms with Gasteiger partial charge in [-0.25, -0.2) is 0 Å². The van der Waals surface area contributed by atoms with Gasteiger partial charge in [-0.3, -0.25) is 4.79 Å². The topological polar surface area (TPSA) is 46.3 Å². The molecule has 0 saturated heterocycles. The zero-order chi connectivity index (χ0) is 20.9. The summed E-state index contributed by atoms with van der Waals surface area (Å²) in [7, 11) is 0. The van der Waals surface area contributed by atoms with Gasteiger partial charge in [0.2, 0.25) is 0 Å². The van der Waals surface area contributed by atoms with E-state index in [0.29, 0.717) is 12.2 Å². The van der Waals surface area contributed by atoms with Gasteiger partial charge in [0, 0.05) is 24.5 Å². The monoisotopic (exact) mass is 382 g/mol. The highest BCUT2D eigenvalue weighted by atomic mass is 16.2. The van der Waals surface area contributed by atoms with Gasteiger partial charge in [0.1, 0.15) is 0 Å². The summed E-state index contributed by atoms with van der Waals surface area (Å²) in [5.74, 6) is -0.000717. The molecule has 1 rings (SSSR count). The van der Waals surface area contributed by atoms with Crippen LogP contribution < -0.4 is 5.73 Å². The van der Waals surface area contributed by atoms with Gasteiger partial charge in [0.05, 0.1) is 0 Å². The van der Waals surface area contributed by atoms with Gasteiger partial charge in [-0.05, 0) is 79.2 Å². The molecule has 0 aromatic heterocycles. The molecule has 0 fully saturated rings. The van der Waals surface area contributed by atoms with Crippen molar-refractivity contribution >= 4 is 5.91 Å². The summed E-state index contributed by atoms with van der Waals surface area (Å²) in [6.07, 6.45) is 20.5. The minimum absolute atomic E-state index is 0.000717. The van der Waals surface area contributed by atoms with Crippen LogP contribution in [0.1, 0.15) is 73.1 Å². The Kier molecular flexibility index (Phi) is 11.0. The number of carbonyl (C=O) groups excluding carboxylic acids is 1. The Morgan fingerprint density at radius 1 is 0.929 bits per heavy atom. The molecule has 0 saturated carbocycles. The van der Waals surface area contributed by atoms with Crippen molar-refractivity contribution in [3.05, 3.63) is 70.6 Å². The minimum Gasteiger partial charge on any atom is -0.398 e. The third-order valence-corrected chi connectivity index (χ3v) is 4.72. The Morgan fingerprint density at radius 2 is 1.46 bits per heavy atom. The number of allylic oxidation sites excluding steroid dienone is 8. The molecule has 0 aromatic carbocycles. The summed E-state index contributed by atoms with van der Waals surface area (Å²) >= 11 is 0. The van der Waals surface area contributed by atoms with Crippen molar-refractivity contribution in [2.75, 3.05) is 6.54 Å². The standard InChI is InChI=1S/C25H38N2O/c1-20(2)10-6-11-21(3)12-7-13-22(4)14-8-15-23(5)18-25(28)27-17-9-16-24(26)19-27/h9-10,12,14,16,18-19H,6-8,11,13,15,17,26H2,1-5H3. The molecule has 0 bridgehead atoms. The van der Waals surface area contributed by atoms with Crippen molar-refractivity contribution in [3.63, 3.8) is 0 Å². The lowest BCUT2D eigenvalue weighted by Crippen LogP contribution is -2.27. The molecule has 2 N–H and O–H groups in total. The molecule has 1 aliphatic heterocycles. The molecule has 0 spiro atoms. The Hall–Kier alpha value is -2.29. The van der Waals surface area contributed by atoms with E-state index in [1.54, 1.807) is 17.2 Å². The maximum atomic E-state index is 12.3. The molecular weight excluding hydrogens is 344 g/mol. The summed E-state index contributed by atoms with van der Waals surface area (Å²) in [5, 5.41) is 0. The first kappa shape index (κ1) is 23.7. The summed E-state index contributed by atoms with van der Waals surface area (Å²) in [4.78, 5) is 13.9. The molecule has 3 nitrogen and oxygen atoms in total. The van der Waals surface area contributed by atoms with Gasteiger partial charge in [-0.1, -0.05) is 46.6 Å². The Morgan fingerprint density at radius 3 is 2.00 bits per heavy atom. The van der Waals surface area contributed by atoms with E-state index in [1.807, 2.05) is 19.1 Å². The van der Waals surface area contributed by atoms with Crippen LogP contribution in [0.2, 0.25) is 0 Å². The van der Waals surface area contributed by atoms with E-state index in [1.165, 1.54) is 16.7 Å². The molecule has 0 aromatic rings. The van der Waals surface area contributed by atoms with Gasteiger partial charge in [-0.15, -0.1) is 0 Å². The smallest absolute Gasteiger partial charge is 0.250 e. The first-order valence-corrected chi connectivity index (χ1v) is 10.3. The van der Waals surface area contributed by atoms with Crippen LogP contribution in [0.3, 0.4) is 0 Å². The second kappa shape index (κ2) is 13.0. The quantitative estimate of drug-likeness (QED) is 0.354. The average Bonchev–Trinajstić information content (AvgIpc) is 2.61. The summed E-state index contributed by atoms with van der Waals surface area (Å²) in [5.41, 5.74) is 11.8.